The minimum Gasteiger partial charge on any atom is -0.266 e. The molecule has 5 nitrogen and oxygen atoms in total. The third-order valence-electron chi connectivity index (χ3n) is 3.27. The number of rotatable bonds is 7. The summed E-state index contributed by atoms with van der Waals surface area (Å²) in [7, 11) is -3.50. The molecule has 2 rings (SSSR count). The van der Waals surface area contributed by atoms with Gasteiger partial charge >= 0.3 is 0 Å². The Labute approximate surface area is 119 Å². The van der Waals surface area contributed by atoms with Gasteiger partial charge in [0.2, 0.25) is 0 Å². The molecule has 1 aliphatic rings. The van der Waals surface area contributed by atoms with Gasteiger partial charge in [-0.05, 0) is 25.2 Å². The van der Waals surface area contributed by atoms with Gasteiger partial charge in [0.1, 0.15) is 0 Å². The summed E-state index contributed by atoms with van der Waals surface area (Å²) in [5, 5.41) is 6.54. The second-order valence-electron chi connectivity index (χ2n) is 5.39. The lowest BCUT2D eigenvalue weighted by molar-refractivity contribution is 0.371. The van der Waals surface area contributed by atoms with Crippen molar-refractivity contribution in [2.45, 2.75) is 50.1 Å². The van der Waals surface area contributed by atoms with Crippen molar-refractivity contribution >= 4 is 21.6 Å². The lowest BCUT2D eigenvalue weighted by Gasteiger charge is -2.22. The first-order valence-electron chi connectivity index (χ1n) is 6.57. The van der Waals surface area contributed by atoms with E-state index in [0.29, 0.717) is 18.0 Å². The zero-order chi connectivity index (χ0) is 14.0. The zero-order valence-electron chi connectivity index (χ0n) is 11.3. The first-order valence-corrected chi connectivity index (χ1v) is 8.54. The van der Waals surface area contributed by atoms with Crippen LogP contribution in [0.4, 0.5) is 0 Å². The maximum atomic E-state index is 12.7. The van der Waals surface area contributed by atoms with E-state index < -0.39 is 10.0 Å². The lowest BCUT2D eigenvalue weighted by atomic mass is 10.1. The highest BCUT2D eigenvalue weighted by molar-refractivity contribution is 7.89. The third-order valence-corrected chi connectivity index (χ3v) is 5.53. The number of hydrogen-bond donors (Lipinski definition) is 1. The molecular weight excluding hydrogens is 286 g/mol. The Morgan fingerprint density at radius 3 is 2.74 bits per heavy atom. The Morgan fingerprint density at radius 1 is 1.53 bits per heavy atom. The molecule has 0 radical (unpaired) electrons. The van der Waals surface area contributed by atoms with Crippen LogP contribution in [0.1, 0.15) is 38.7 Å². The van der Waals surface area contributed by atoms with Crippen molar-refractivity contribution in [3.63, 3.8) is 0 Å². The van der Waals surface area contributed by atoms with Crippen LogP contribution >= 0.6 is 11.6 Å². The van der Waals surface area contributed by atoms with Crippen molar-refractivity contribution in [1.82, 2.24) is 14.5 Å². The zero-order valence-corrected chi connectivity index (χ0v) is 12.8. The van der Waals surface area contributed by atoms with Gasteiger partial charge in [-0.3, -0.25) is 5.10 Å². The van der Waals surface area contributed by atoms with Gasteiger partial charge in [-0.2, -0.15) is 9.40 Å². The van der Waals surface area contributed by atoms with Gasteiger partial charge in [0.25, 0.3) is 10.0 Å². The molecule has 1 N–H and O–H groups in total. The smallest absolute Gasteiger partial charge is 0.260 e. The Hall–Kier alpha value is -0.590. The Balaban J connectivity index is 2.24. The Morgan fingerprint density at radius 2 is 2.21 bits per heavy atom. The van der Waals surface area contributed by atoms with E-state index in [1.54, 1.807) is 4.31 Å². The third kappa shape index (κ3) is 3.30. The summed E-state index contributed by atoms with van der Waals surface area (Å²) in [6.07, 6.45) is 4.23. The summed E-state index contributed by atoms with van der Waals surface area (Å²) >= 11 is 5.76. The maximum absolute atomic E-state index is 12.7. The van der Waals surface area contributed by atoms with Gasteiger partial charge < -0.3 is 0 Å². The molecule has 0 aromatic carbocycles. The average Bonchev–Trinajstić information content (AvgIpc) is 3.04. The summed E-state index contributed by atoms with van der Waals surface area (Å²) < 4.78 is 26.9. The van der Waals surface area contributed by atoms with Crippen molar-refractivity contribution < 1.29 is 8.42 Å². The molecule has 1 aromatic rings. The van der Waals surface area contributed by atoms with E-state index in [4.69, 9.17) is 11.6 Å². The minimum atomic E-state index is -3.50. The van der Waals surface area contributed by atoms with Crippen LogP contribution in [0.5, 0.6) is 0 Å². The Kier molecular flexibility index (Phi) is 4.53. The van der Waals surface area contributed by atoms with Gasteiger partial charge in [0.15, 0.2) is 5.03 Å². The van der Waals surface area contributed by atoms with E-state index in [1.165, 1.54) is 6.20 Å². The van der Waals surface area contributed by atoms with Gasteiger partial charge in [-0.1, -0.05) is 13.8 Å². The predicted octanol–water partition coefficient (Wildman–Crippen LogP) is 2.35. The molecule has 0 bridgehead atoms. The SMILES string of the molecule is CC(C)CCN(C1CC1)S(=O)(=O)c1[nH]ncc1CCl. The van der Waals surface area contributed by atoms with Crippen molar-refractivity contribution in [2.75, 3.05) is 6.54 Å². The van der Waals surface area contributed by atoms with Crippen LogP contribution in [-0.2, 0) is 15.9 Å². The summed E-state index contributed by atoms with van der Waals surface area (Å²) in [5.41, 5.74) is 0.539. The van der Waals surface area contributed by atoms with E-state index >= 15 is 0 Å². The number of hydrogen-bond acceptors (Lipinski definition) is 3. The van der Waals surface area contributed by atoms with Crippen LogP contribution in [0.2, 0.25) is 0 Å². The van der Waals surface area contributed by atoms with Crippen molar-refractivity contribution in [2.24, 2.45) is 5.92 Å². The quantitative estimate of drug-likeness (QED) is 0.786. The number of halogens is 1. The molecule has 0 saturated heterocycles. The predicted molar refractivity (Wildman–Crippen MR) is 74.5 cm³/mol. The van der Waals surface area contributed by atoms with Crippen LogP contribution in [0.15, 0.2) is 11.2 Å². The molecule has 7 heteroatoms. The second-order valence-corrected chi connectivity index (χ2v) is 7.48. The minimum absolute atomic E-state index is 0.147. The van der Waals surface area contributed by atoms with Crippen LogP contribution in [-0.4, -0.2) is 35.5 Å². The molecule has 0 aliphatic heterocycles. The highest BCUT2D eigenvalue weighted by Gasteiger charge is 2.39. The van der Waals surface area contributed by atoms with Crippen molar-refractivity contribution in [3.05, 3.63) is 11.8 Å². The maximum Gasteiger partial charge on any atom is 0.260 e. The molecular formula is C12H20ClN3O2S. The van der Waals surface area contributed by atoms with Gasteiger partial charge in [0.05, 0.1) is 12.1 Å². The number of H-pyrrole nitrogens is 1. The van der Waals surface area contributed by atoms with Gasteiger partial charge in [-0.25, -0.2) is 8.42 Å². The van der Waals surface area contributed by atoms with E-state index in [2.05, 4.69) is 24.0 Å². The second kappa shape index (κ2) is 5.81. The molecule has 19 heavy (non-hydrogen) atoms. The number of nitrogens with one attached hydrogen (secondary N) is 1. The number of aromatic amines is 1. The molecule has 108 valence electrons. The van der Waals surface area contributed by atoms with E-state index in [0.717, 1.165) is 19.3 Å². The number of aromatic nitrogens is 2. The van der Waals surface area contributed by atoms with E-state index in [9.17, 15) is 8.42 Å². The fraction of sp³-hybridized carbons (Fsp3) is 0.750. The summed E-state index contributed by atoms with van der Waals surface area (Å²) in [4.78, 5) is 0. The molecule has 0 atom stereocenters. The largest absolute Gasteiger partial charge is 0.266 e. The van der Waals surface area contributed by atoms with Crippen LogP contribution in [0.3, 0.4) is 0 Å². The first kappa shape index (κ1) is 14.8. The molecule has 0 amide bonds. The first-order chi connectivity index (χ1) is 8.96. The van der Waals surface area contributed by atoms with Crippen LogP contribution in [0, 0.1) is 5.92 Å². The highest BCUT2D eigenvalue weighted by atomic mass is 35.5. The Bertz CT molecular complexity index is 523. The molecule has 1 heterocycles. The van der Waals surface area contributed by atoms with Gasteiger partial charge in [0, 0.05) is 18.2 Å². The molecule has 0 unspecified atom stereocenters. The van der Waals surface area contributed by atoms with Crippen molar-refractivity contribution in [1.29, 1.82) is 0 Å². The number of sulfonamides is 1. The number of alkyl halides is 1. The van der Waals surface area contributed by atoms with E-state index in [1.807, 2.05) is 0 Å². The standard InChI is InChI=1S/C12H20ClN3O2S/c1-9(2)5-6-16(11-3-4-11)19(17,18)12-10(7-13)8-14-15-12/h8-9,11H,3-7H2,1-2H3,(H,14,15). The van der Waals surface area contributed by atoms with Gasteiger partial charge in [-0.15, -0.1) is 11.6 Å². The lowest BCUT2D eigenvalue weighted by Crippen LogP contribution is -2.35. The molecule has 1 aromatic heterocycles. The fourth-order valence-electron chi connectivity index (χ4n) is 1.98. The van der Waals surface area contributed by atoms with Crippen molar-refractivity contribution in [3.8, 4) is 0 Å². The van der Waals surface area contributed by atoms with Crippen LogP contribution < -0.4 is 0 Å². The summed E-state index contributed by atoms with van der Waals surface area (Å²) in [6, 6.07) is 0.148. The normalized spacial score (nSPS) is 16.5. The molecule has 1 aliphatic carbocycles. The summed E-state index contributed by atoms with van der Waals surface area (Å²) in [5.74, 6) is 0.624. The number of nitrogens with zero attached hydrogens (tertiary/aromatic N) is 2. The molecule has 1 saturated carbocycles. The topological polar surface area (TPSA) is 66.1 Å². The molecule has 1 fully saturated rings. The monoisotopic (exact) mass is 305 g/mol. The average molecular weight is 306 g/mol. The van der Waals surface area contributed by atoms with Crippen LogP contribution in [0.25, 0.3) is 0 Å². The molecule has 0 spiro atoms. The summed E-state index contributed by atoms with van der Waals surface area (Å²) in [6.45, 7) is 4.75. The highest BCUT2D eigenvalue weighted by Crippen LogP contribution is 2.33. The van der Waals surface area contributed by atoms with E-state index in [-0.39, 0.29) is 16.9 Å². The fourth-order valence-corrected chi connectivity index (χ4v) is 4.07.